The van der Waals surface area contributed by atoms with Crippen LogP contribution in [0.4, 0.5) is 11.1 Å². The zero-order chi connectivity index (χ0) is 8.77. The van der Waals surface area contributed by atoms with Crippen LogP contribution in [0, 0.1) is 5.41 Å². The van der Waals surface area contributed by atoms with Gasteiger partial charge in [0, 0.05) is 17.6 Å². The minimum Gasteiger partial charge on any atom is -0.367 e. The molecule has 12 heavy (non-hydrogen) atoms. The van der Waals surface area contributed by atoms with E-state index in [0.717, 1.165) is 5.13 Å². The van der Waals surface area contributed by atoms with E-state index < -0.39 is 0 Å². The molecule has 1 fully saturated rings. The highest BCUT2D eigenvalue weighted by molar-refractivity contribution is 7.09. The molecule has 0 bridgehead atoms. The Morgan fingerprint density at radius 3 is 2.75 bits per heavy atom. The highest BCUT2D eigenvalue weighted by Gasteiger charge is 2.46. The van der Waals surface area contributed by atoms with Crippen LogP contribution in [0.5, 0.6) is 0 Å². The lowest BCUT2D eigenvalue weighted by Crippen LogP contribution is -2.07. The molecule has 66 valence electrons. The normalized spacial score (nSPS) is 25.3. The zero-order valence-corrected chi connectivity index (χ0v) is 7.98. The fourth-order valence-electron chi connectivity index (χ4n) is 1.16. The van der Waals surface area contributed by atoms with Gasteiger partial charge in [-0.15, -0.1) is 0 Å². The van der Waals surface area contributed by atoms with Gasteiger partial charge < -0.3 is 11.1 Å². The van der Waals surface area contributed by atoms with Crippen LogP contribution in [0.25, 0.3) is 0 Å². The van der Waals surface area contributed by atoms with Gasteiger partial charge in [0.15, 0.2) is 0 Å². The Morgan fingerprint density at radius 1 is 1.67 bits per heavy atom. The Hall–Kier alpha value is -0.840. The maximum absolute atomic E-state index is 5.39. The first-order valence-electron chi connectivity index (χ1n) is 3.94. The Bertz CT molecular complexity index is 293. The number of rotatable bonds is 2. The molecule has 1 aliphatic rings. The smallest absolute Gasteiger partial charge is 0.233 e. The maximum Gasteiger partial charge on any atom is 0.233 e. The van der Waals surface area contributed by atoms with Crippen molar-refractivity contribution in [1.29, 1.82) is 0 Å². The first-order valence-corrected chi connectivity index (χ1v) is 4.71. The highest BCUT2D eigenvalue weighted by atomic mass is 32.1. The molecule has 1 aliphatic carbocycles. The van der Waals surface area contributed by atoms with Gasteiger partial charge in [0.05, 0.1) is 0 Å². The second-order valence-corrected chi connectivity index (χ2v) is 4.60. The van der Waals surface area contributed by atoms with Crippen molar-refractivity contribution in [2.24, 2.45) is 5.41 Å². The number of nitrogens with one attached hydrogen (secondary N) is 1. The van der Waals surface area contributed by atoms with Crippen LogP contribution in [-0.2, 0) is 0 Å². The second-order valence-electron chi connectivity index (χ2n) is 3.85. The molecule has 0 aromatic carbocycles. The van der Waals surface area contributed by atoms with Crippen LogP contribution in [0.1, 0.15) is 20.3 Å². The number of nitrogens with two attached hydrogens (primary N) is 1. The van der Waals surface area contributed by atoms with Crippen molar-refractivity contribution < 1.29 is 0 Å². The minimum atomic E-state index is 0.362. The highest BCUT2D eigenvalue weighted by Crippen LogP contribution is 2.46. The molecule has 1 unspecified atom stereocenters. The van der Waals surface area contributed by atoms with E-state index in [9.17, 15) is 0 Å². The molecule has 0 saturated heterocycles. The SMILES string of the molecule is CC1(C)CC1Nc1nc(N)ns1. The number of nitrogen functional groups attached to an aromatic ring is 1. The van der Waals surface area contributed by atoms with Crippen molar-refractivity contribution in [2.75, 3.05) is 11.1 Å². The molecule has 0 spiro atoms. The van der Waals surface area contributed by atoms with Crippen molar-refractivity contribution >= 4 is 22.6 Å². The Morgan fingerprint density at radius 2 is 2.33 bits per heavy atom. The topological polar surface area (TPSA) is 63.8 Å². The van der Waals surface area contributed by atoms with E-state index in [1.54, 1.807) is 0 Å². The number of hydrogen-bond acceptors (Lipinski definition) is 5. The third-order valence-electron chi connectivity index (χ3n) is 2.25. The lowest BCUT2D eigenvalue weighted by Gasteiger charge is -2.02. The average molecular weight is 184 g/mol. The van der Waals surface area contributed by atoms with Gasteiger partial charge in [0.2, 0.25) is 11.1 Å². The van der Waals surface area contributed by atoms with Gasteiger partial charge in [-0.25, -0.2) is 0 Å². The molecule has 0 aliphatic heterocycles. The van der Waals surface area contributed by atoms with Crippen molar-refractivity contribution in [3.63, 3.8) is 0 Å². The van der Waals surface area contributed by atoms with Gasteiger partial charge in [0.1, 0.15) is 0 Å². The van der Waals surface area contributed by atoms with E-state index >= 15 is 0 Å². The summed E-state index contributed by atoms with van der Waals surface area (Å²) in [5.74, 6) is 0.362. The van der Waals surface area contributed by atoms with Gasteiger partial charge in [-0.05, 0) is 11.8 Å². The Balaban J connectivity index is 1.97. The molecule has 2 rings (SSSR count). The molecule has 0 amide bonds. The summed E-state index contributed by atoms with van der Waals surface area (Å²) in [7, 11) is 0. The van der Waals surface area contributed by atoms with E-state index in [-0.39, 0.29) is 0 Å². The van der Waals surface area contributed by atoms with Crippen LogP contribution in [-0.4, -0.2) is 15.4 Å². The number of aromatic nitrogens is 2. The summed E-state index contributed by atoms with van der Waals surface area (Å²) in [5, 5.41) is 4.13. The van der Waals surface area contributed by atoms with Crippen LogP contribution in [0.15, 0.2) is 0 Å². The Kier molecular flexibility index (Phi) is 1.51. The maximum atomic E-state index is 5.39. The lowest BCUT2D eigenvalue weighted by atomic mass is 10.2. The average Bonchev–Trinajstić information content (AvgIpc) is 2.41. The minimum absolute atomic E-state index is 0.362. The predicted octanol–water partition coefficient (Wildman–Crippen LogP) is 1.33. The summed E-state index contributed by atoms with van der Waals surface area (Å²) >= 11 is 1.32. The van der Waals surface area contributed by atoms with Crippen molar-refractivity contribution in [2.45, 2.75) is 26.3 Å². The molecule has 1 aromatic rings. The third kappa shape index (κ3) is 1.36. The van der Waals surface area contributed by atoms with Crippen LogP contribution < -0.4 is 11.1 Å². The lowest BCUT2D eigenvalue weighted by molar-refractivity contribution is 0.630. The molecule has 5 heteroatoms. The van der Waals surface area contributed by atoms with Gasteiger partial charge in [-0.2, -0.15) is 9.36 Å². The largest absolute Gasteiger partial charge is 0.367 e. The van der Waals surface area contributed by atoms with Crippen molar-refractivity contribution in [1.82, 2.24) is 9.36 Å². The van der Waals surface area contributed by atoms with Crippen LogP contribution >= 0.6 is 11.5 Å². The zero-order valence-electron chi connectivity index (χ0n) is 7.16. The van der Waals surface area contributed by atoms with Crippen LogP contribution in [0.3, 0.4) is 0 Å². The molecule has 0 radical (unpaired) electrons. The standard InChI is InChI=1S/C7H12N4S/c1-7(2)3-4(7)9-6-10-5(8)11-12-6/h4H,3H2,1-2H3,(H3,8,9,10,11). The molecule has 1 atom stereocenters. The van der Waals surface area contributed by atoms with Gasteiger partial charge in [-0.1, -0.05) is 13.8 Å². The quantitative estimate of drug-likeness (QED) is 0.727. The van der Waals surface area contributed by atoms with E-state index in [4.69, 9.17) is 5.73 Å². The molecule has 1 saturated carbocycles. The fraction of sp³-hybridized carbons (Fsp3) is 0.714. The molecule has 1 aromatic heterocycles. The first-order chi connectivity index (χ1) is 5.58. The second kappa shape index (κ2) is 2.32. The molecular formula is C7H12N4S. The molecular weight excluding hydrogens is 172 g/mol. The fourth-order valence-corrected chi connectivity index (χ4v) is 1.71. The van der Waals surface area contributed by atoms with Gasteiger partial charge in [0.25, 0.3) is 0 Å². The van der Waals surface area contributed by atoms with Gasteiger partial charge in [-0.3, -0.25) is 0 Å². The Labute approximate surface area is 75.4 Å². The third-order valence-corrected chi connectivity index (χ3v) is 2.91. The summed E-state index contributed by atoms with van der Waals surface area (Å²) in [5.41, 5.74) is 5.81. The monoisotopic (exact) mass is 184 g/mol. The first kappa shape index (κ1) is 7.79. The molecule has 3 N–H and O–H groups in total. The molecule has 4 nitrogen and oxygen atoms in total. The summed E-state index contributed by atoms with van der Waals surface area (Å²) in [6.07, 6.45) is 1.20. The number of anilines is 2. The number of hydrogen-bond donors (Lipinski definition) is 2. The van der Waals surface area contributed by atoms with Gasteiger partial charge >= 0.3 is 0 Å². The summed E-state index contributed by atoms with van der Waals surface area (Å²) < 4.78 is 3.89. The molecule has 1 heterocycles. The van der Waals surface area contributed by atoms with Crippen molar-refractivity contribution in [3.05, 3.63) is 0 Å². The summed E-state index contributed by atoms with van der Waals surface area (Å²) in [4.78, 5) is 4.03. The van der Waals surface area contributed by atoms with E-state index in [2.05, 4.69) is 28.5 Å². The number of nitrogens with zero attached hydrogens (tertiary/aromatic N) is 2. The summed E-state index contributed by atoms with van der Waals surface area (Å²) in [6, 6.07) is 0.546. The van der Waals surface area contributed by atoms with E-state index in [1.807, 2.05) is 0 Å². The predicted molar refractivity (Wildman–Crippen MR) is 50.1 cm³/mol. The summed E-state index contributed by atoms with van der Waals surface area (Å²) in [6.45, 7) is 4.46. The van der Waals surface area contributed by atoms with E-state index in [0.29, 0.717) is 17.4 Å². The van der Waals surface area contributed by atoms with E-state index in [1.165, 1.54) is 18.0 Å². The van der Waals surface area contributed by atoms with Crippen molar-refractivity contribution in [3.8, 4) is 0 Å². The van der Waals surface area contributed by atoms with Crippen LogP contribution in [0.2, 0.25) is 0 Å².